The molecule has 0 spiro atoms. The van der Waals surface area contributed by atoms with Crippen LogP contribution in [0.5, 0.6) is 0 Å². The number of alkyl halides is 3. The van der Waals surface area contributed by atoms with Crippen LogP contribution in [0.4, 0.5) is 13.2 Å². The molecule has 5 nitrogen and oxygen atoms in total. The molecule has 0 aliphatic rings. The van der Waals surface area contributed by atoms with Gasteiger partial charge in [0.05, 0.1) is 27.2 Å². The smallest absolute Gasteiger partial charge is 0.382 e. The van der Waals surface area contributed by atoms with Crippen molar-refractivity contribution in [2.45, 2.75) is 17.2 Å². The Balaban J connectivity index is 2.07. The molecule has 0 fully saturated rings. The lowest BCUT2D eigenvalue weighted by Crippen LogP contribution is -2.19. The van der Waals surface area contributed by atoms with E-state index < -0.39 is 27.9 Å². The lowest BCUT2D eigenvalue weighted by atomic mass is 10.1. The Hall–Kier alpha value is -2.59. The van der Waals surface area contributed by atoms with Gasteiger partial charge < -0.3 is 5.11 Å². The summed E-state index contributed by atoms with van der Waals surface area (Å²) in [6.07, 6.45) is -5.82. The average molecular weight is 501 g/mol. The fourth-order valence-corrected chi connectivity index (χ4v) is 5.46. The maximum absolute atomic E-state index is 13.5. The molecular formula is C21H13Cl2F3N2O3S. The van der Waals surface area contributed by atoms with Gasteiger partial charge in [0, 0.05) is 21.8 Å². The number of halogens is 5. The first-order valence-electron chi connectivity index (χ1n) is 9.03. The third-order valence-corrected chi connectivity index (χ3v) is 7.21. The van der Waals surface area contributed by atoms with Gasteiger partial charge in [-0.1, -0.05) is 47.5 Å². The lowest BCUT2D eigenvalue weighted by Gasteiger charge is -2.18. The first kappa shape index (κ1) is 22.6. The predicted molar refractivity (Wildman–Crippen MR) is 114 cm³/mol. The minimum atomic E-state index is -4.75. The van der Waals surface area contributed by atoms with Crippen LogP contribution in [0.2, 0.25) is 10.0 Å². The van der Waals surface area contributed by atoms with Gasteiger partial charge >= 0.3 is 6.18 Å². The maximum Gasteiger partial charge on any atom is 0.417 e. The molecule has 1 unspecified atom stereocenters. The number of aliphatic hydroxyl groups is 1. The van der Waals surface area contributed by atoms with E-state index in [1.165, 1.54) is 48.5 Å². The van der Waals surface area contributed by atoms with Crippen molar-refractivity contribution in [3.63, 3.8) is 0 Å². The van der Waals surface area contributed by atoms with E-state index in [4.69, 9.17) is 23.2 Å². The molecule has 4 rings (SSSR count). The molecule has 0 aliphatic carbocycles. The highest BCUT2D eigenvalue weighted by atomic mass is 35.5. The molecule has 2 heterocycles. The largest absolute Gasteiger partial charge is 0.417 e. The zero-order valence-electron chi connectivity index (χ0n) is 15.9. The van der Waals surface area contributed by atoms with Gasteiger partial charge in [-0.05, 0) is 36.4 Å². The topological polar surface area (TPSA) is 72.2 Å². The molecule has 2 aromatic heterocycles. The van der Waals surface area contributed by atoms with Crippen LogP contribution in [0.1, 0.15) is 22.9 Å². The van der Waals surface area contributed by atoms with Crippen LogP contribution in [0.15, 0.2) is 71.8 Å². The van der Waals surface area contributed by atoms with Gasteiger partial charge in [0.25, 0.3) is 10.0 Å². The van der Waals surface area contributed by atoms with E-state index in [1.54, 1.807) is 6.07 Å². The van der Waals surface area contributed by atoms with E-state index >= 15 is 0 Å². The minimum absolute atomic E-state index is 0.0131. The molecule has 0 saturated carbocycles. The summed E-state index contributed by atoms with van der Waals surface area (Å²) in [4.78, 5) is 3.59. The molecule has 0 bridgehead atoms. The lowest BCUT2D eigenvalue weighted by molar-refractivity contribution is -0.137. The van der Waals surface area contributed by atoms with Crippen molar-refractivity contribution in [3.05, 3.63) is 93.7 Å². The Bertz CT molecular complexity index is 1400. The Morgan fingerprint density at radius 2 is 1.59 bits per heavy atom. The first-order valence-corrected chi connectivity index (χ1v) is 11.2. The van der Waals surface area contributed by atoms with E-state index in [9.17, 15) is 26.7 Å². The number of pyridine rings is 1. The van der Waals surface area contributed by atoms with Gasteiger partial charge in [-0.3, -0.25) is 4.98 Å². The highest BCUT2D eigenvalue weighted by Gasteiger charge is 2.34. The molecule has 0 radical (unpaired) electrons. The van der Waals surface area contributed by atoms with Gasteiger partial charge in [-0.15, -0.1) is 0 Å². The number of rotatable bonds is 4. The summed E-state index contributed by atoms with van der Waals surface area (Å²) in [5.41, 5.74) is -1.79. The second-order valence-corrected chi connectivity index (χ2v) is 9.42. The average Bonchev–Trinajstić information content (AvgIpc) is 3.13. The number of fused-ring (bicyclic) bond motifs is 1. The Labute approximate surface area is 190 Å². The van der Waals surface area contributed by atoms with Crippen LogP contribution < -0.4 is 0 Å². The van der Waals surface area contributed by atoms with E-state index in [0.717, 1.165) is 0 Å². The van der Waals surface area contributed by atoms with E-state index in [0.29, 0.717) is 16.2 Å². The summed E-state index contributed by atoms with van der Waals surface area (Å²) in [5, 5.41) is 11.2. The number of aromatic nitrogens is 2. The number of aliphatic hydroxyl groups excluding tert-OH is 1. The summed E-state index contributed by atoms with van der Waals surface area (Å²) in [5.74, 6) is 0. The first-order chi connectivity index (χ1) is 15.0. The molecule has 11 heteroatoms. The number of hydrogen-bond acceptors (Lipinski definition) is 4. The van der Waals surface area contributed by atoms with Crippen molar-refractivity contribution < 1.29 is 26.7 Å². The van der Waals surface area contributed by atoms with Crippen LogP contribution in [0.25, 0.3) is 11.0 Å². The fourth-order valence-electron chi connectivity index (χ4n) is 3.31. The molecule has 32 heavy (non-hydrogen) atoms. The number of benzene rings is 2. The van der Waals surface area contributed by atoms with Crippen LogP contribution in [-0.2, 0) is 16.2 Å². The Morgan fingerprint density at radius 3 is 2.19 bits per heavy atom. The minimum Gasteiger partial charge on any atom is -0.382 e. The molecule has 0 amide bonds. The molecule has 4 aromatic rings. The molecule has 166 valence electrons. The second-order valence-electron chi connectivity index (χ2n) is 6.82. The third kappa shape index (κ3) is 3.86. The van der Waals surface area contributed by atoms with E-state index in [1.807, 2.05) is 0 Å². The second kappa shape index (κ2) is 8.08. The van der Waals surface area contributed by atoms with Crippen LogP contribution in [0.3, 0.4) is 0 Å². The van der Waals surface area contributed by atoms with Gasteiger partial charge in [0.15, 0.2) is 0 Å². The molecule has 0 aliphatic heterocycles. The molecule has 0 saturated heterocycles. The van der Waals surface area contributed by atoms with Crippen LogP contribution >= 0.6 is 23.2 Å². The van der Waals surface area contributed by atoms with Crippen molar-refractivity contribution >= 4 is 44.3 Å². The van der Waals surface area contributed by atoms with E-state index in [2.05, 4.69) is 4.98 Å². The van der Waals surface area contributed by atoms with E-state index in [-0.39, 0.29) is 37.2 Å². The van der Waals surface area contributed by atoms with Gasteiger partial charge in [-0.25, -0.2) is 12.4 Å². The zero-order valence-corrected chi connectivity index (χ0v) is 18.2. The van der Waals surface area contributed by atoms with Crippen molar-refractivity contribution in [3.8, 4) is 0 Å². The maximum atomic E-state index is 13.5. The summed E-state index contributed by atoms with van der Waals surface area (Å²) in [7, 11) is -4.43. The zero-order chi connectivity index (χ0) is 23.3. The van der Waals surface area contributed by atoms with Crippen molar-refractivity contribution in [1.29, 1.82) is 0 Å². The van der Waals surface area contributed by atoms with Gasteiger partial charge in [0.1, 0.15) is 6.10 Å². The predicted octanol–water partition coefficient (Wildman–Crippen LogP) is 5.68. The monoisotopic (exact) mass is 500 g/mol. The van der Waals surface area contributed by atoms with Crippen LogP contribution in [0, 0.1) is 0 Å². The Morgan fingerprint density at radius 1 is 0.969 bits per heavy atom. The van der Waals surface area contributed by atoms with Crippen molar-refractivity contribution in [1.82, 2.24) is 8.96 Å². The van der Waals surface area contributed by atoms with Gasteiger partial charge in [-0.2, -0.15) is 13.2 Å². The van der Waals surface area contributed by atoms with Crippen molar-refractivity contribution in [2.24, 2.45) is 0 Å². The molecule has 1 N–H and O–H groups in total. The number of nitrogens with zero attached hydrogens (tertiary/aromatic N) is 2. The Kier molecular flexibility index (Phi) is 5.70. The van der Waals surface area contributed by atoms with Crippen molar-refractivity contribution in [2.75, 3.05) is 0 Å². The third-order valence-electron chi connectivity index (χ3n) is 4.80. The summed E-state index contributed by atoms with van der Waals surface area (Å²) in [6, 6.07) is 13.4. The standard InChI is InChI=1S/C21H13Cl2F3N2O3S/c22-14-7-4-8-15(23)19(14)20(29)18-10-16-17(9-12(11-27-16)21(24,25)26)28(18)32(30,31)13-5-2-1-3-6-13/h1-11,20,29H. The highest BCUT2D eigenvalue weighted by Crippen LogP contribution is 2.39. The van der Waals surface area contributed by atoms with Crippen LogP contribution in [-0.4, -0.2) is 22.5 Å². The normalized spacial score (nSPS) is 13.4. The summed E-state index contributed by atoms with van der Waals surface area (Å²) < 4.78 is 67.5. The molecular weight excluding hydrogens is 488 g/mol. The van der Waals surface area contributed by atoms with Gasteiger partial charge in [0.2, 0.25) is 0 Å². The SMILES string of the molecule is O=S(=O)(c1ccccc1)n1c(C(O)c2c(Cl)cccc2Cl)cc2ncc(C(F)(F)F)cc21. The molecule has 2 aromatic carbocycles. The fraction of sp³-hybridized carbons (Fsp3) is 0.0952. The molecule has 1 atom stereocenters. The summed E-state index contributed by atoms with van der Waals surface area (Å²) in [6.45, 7) is 0. The summed E-state index contributed by atoms with van der Waals surface area (Å²) >= 11 is 12.3. The quantitative estimate of drug-likeness (QED) is 0.391. The highest BCUT2D eigenvalue weighted by molar-refractivity contribution is 7.90. The number of hydrogen-bond donors (Lipinski definition) is 1.